The third-order valence-electron chi connectivity index (χ3n) is 3.37. The molecule has 2 N–H and O–H groups in total. The lowest BCUT2D eigenvalue weighted by Gasteiger charge is -2.09. The van der Waals surface area contributed by atoms with Gasteiger partial charge in [0.25, 0.3) is 0 Å². The number of carbonyl (C=O) groups is 2. The van der Waals surface area contributed by atoms with Crippen LogP contribution in [0.25, 0.3) is 0 Å². The van der Waals surface area contributed by atoms with Gasteiger partial charge in [0.15, 0.2) is 0 Å². The summed E-state index contributed by atoms with van der Waals surface area (Å²) in [7, 11) is 0. The number of aliphatic hydroxyl groups excluding tert-OH is 2. The first kappa shape index (κ1) is 23.0. The van der Waals surface area contributed by atoms with E-state index in [9.17, 15) is 19.8 Å². The van der Waals surface area contributed by atoms with Crippen LogP contribution >= 0.6 is 0 Å². The van der Waals surface area contributed by atoms with Crippen molar-refractivity contribution in [1.29, 1.82) is 0 Å². The van der Waals surface area contributed by atoms with Crippen LogP contribution in [0, 0.1) is 0 Å². The van der Waals surface area contributed by atoms with E-state index in [1.807, 2.05) is 13.8 Å². The Morgan fingerprint density at radius 1 is 0.720 bits per heavy atom. The summed E-state index contributed by atoms with van der Waals surface area (Å²) < 4.78 is 15.1. The third-order valence-corrected chi connectivity index (χ3v) is 3.37. The fourth-order valence-corrected chi connectivity index (χ4v) is 1.79. The number of ether oxygens (including phenoxy) is 3. The molecule has 0 amide bonds. The van der Waals surface area contributed by atoms with Crippen molar-refractivity contribution in [2.75, 3.05) is 26.4 Å². The van der Waals surface area contributed by atoms with E-state index in [-0.39, 0.29) is 49.1 Å². The van der Waals surface area contributed by atoms with Gasteiger partial charge in [-0.05, 0) is 26.7 Å². The van der Waals surface area contributed by atoms with Crippen LogP contribution < -0.4 is 0 Å². The van der Waals surface area contributed by atoms with Crippen molar-refractivity contribution in [3.63, 3.8) is 0 Å². The van der Waals surface area contributed by atoms with E-state index in [0.717, 1.165) is 12.8 Å². The van der Waals surface area contributed by atoms with Crippen LogP contribution in [0.3, 0.4) is 0 Å². The first-order valence-electron chi connectivity index (χ1n) is 8.54. The molecule has 0 aromatic rings. The summed E-state index contributed by atoms with van der Waals surface area (Å²) in [6, 6.07) is 0. The number of hydrogen-bond acceptors (Lipinski definition) is 7. The molecule has 0 saturated carbocycles. The van der Waals surface area contributed by atoms with Crippen molar-refractivity contribution in [2.45, 2.75) is 53.4 Å². The summed E-state index contributed by atoms with van der Waals surface area (Å²) >= 11 is 0. The van der Waals surface area contributed by atoms with Crippen LogP contribution in [-0.2, 0) is 23.8 Å². The topological polar surface area (TPSA) is 102 Å². The predicted molar refractivity (Wildman–Crippen MR) is 93.2 cm³/mol. The molecular weight excluding hydrogens is 328 g/mol. The molecule has 0 fully saturated rings. The number of aliphatic hydroxyl groups is 2. The van der Waals surface area contributed by atoms with Crippen molar-refractivity contribution in [3.8, 4) is 0 Å². The van der Waals surface area contributed by atoms with Gasteiger partial charge in [-0.25, -0.2) is 9.59 Å². The molecule has 0 rings (SSSR count). The minimum atomic E-state index is -0.576. The first-order valence-corrected chi connectivity index (χ1v) is 8.54. The summed E-state index contributed by atoms with van der Waals surface area (Å²) in [6.07, 6.45) is 2.35. The molecule has 0 saturated heterocycles. The molecule has 0 bridgehead atoms. The van der Waals surface area contributed by atoms with Gasteiger partial charge in [-0.15, -0.1) is 0 Å². The highest BCUT2D eigenvalue weighted by atomic mass is 16.6. The fraction of sp³-hybridized carbons (Fsp3) is 0.667. The molecule has 0 spiro atoms. The summed E-state index contributed by atoms with van der Waals surface area (Å²) in [4.78, 5) is 23.3. The van der Waals surface area contributed by atoms with E-state index in [1.165, 1.54) is 13.8 Å². The summed E-state index contributed by atoms with van der Waals surface area (Å²) in [5, 5.41) is 19.2. The van der Waals surface area contributed by atoms with Gasteiger partial charge in [0, 0.05) is 12.8 Å². The quantitative estimate of drug-likeness (QED) is 0.239. The number of hydrogen-bond donors (Lipinski definition) is 2. The second-order valence-corrected chi connectivity index (χ2v) is 5.53. The molecule has 0 aromatic heterocycles. The fourth-order valence-electron chi connectivity index (χ4n) is 1.79. The number of allylic oxidation sites excluding steroid dienone is 2. The van der Waals surface area contributed by atoms with Gasteiger partial charge < -0.3 is 24.4 Å². The zero-order valence-electron chi connectivity index (χ0n) is 15.6. The SMILES string of the molecule is CCC/C(O)=C(/C)C(=O)OCCOCCOC(=O)/C(C)=C(/O)CCC. The number of carbonyl (C=O) groups excluding carboxylic acids is 2. The van der Waals surface area contributed by atoms with Gasteiger partial charge in [-0.2, -0.15) is 0 Å². The van der Waals surface area contributed by atoms with E-state index >= 15 is 0 Å². The van der Waals surface area contributed by atoms with E-state index < -0.39 is 11.9 Å². The normalized spacial score (nSPS) is 13.0. The molecule has 0 aliphatic rings. The molecule has 7 heteroatoms. The summed E-state index contributed by atoms with van der Waals surface area (Å²) in [6.45, 7) is 7.21. The highest BCUT2D eigenvalue weighted by Gasteiger charge is 2.12. The average Bonchev–Trinajstić information content (AvgIpc) is 2.59. The van der Waals surface area contributed by atoms with Crippen LogP contribution in [0.4, 0.5) is 0 Å². The molecule has 144 valence electrons. The lowest BCUT2D eigenvalue weighted by atomic mass is 10.2. The minimum absolute atomic E-state index is 0.0371. The second-order valence-electron chi connectivity index (χ2n) is 5.53. The van der Waals surface area contributed by atoms with Gasteiger partial charge in [0.1, 0.15) is 24.7 Å². The second kappa shape index (κ2) is 13.3. The average molecular weight is 358 g/mol. The molecule has 0 unspecified atom stereocenters. The zero-order valence-corrected chi connectivity index (χ0v) is 15.6. The molecule has 0 radical (unpaired) electrons. The minimum Gasteiger partial charge on any atom is -0.512 e. The van der Waals surface area contributed by atoms with Gasteiger partial charge in [0.05, 0.1) is 24.4 Å². The Morgan fingerprint density at radius 3 is 1.40 bits per heavy atom. The van der Waals surface area contributed by atoms with Crippen molar-refractivity contribution in [3.05, 3.63) is 22.7 Å². The monoisotopic (exact) mass is 358 g/mol. The molecule has 25 heavy (non-hydrogen) atoms. The Labute approximate surface area is 149 Å². The van der Waals surface area contributed by atoms with E-state index in [2.05, 4.69) is 0 Å². The molecule has 0 aromatic carbocycles. The molecular formula is C18H30O7. The van der Waals surface area contributed by atoms with Crippen LogP contribution in [0.5, 0.6) is 0 Å². The van der Waals surface area contributed by atoms with Crippen molar-refractivity contribution < 1.29 is 34.0 Å². The van der Waals surface area contributed by atoms with Gasteiger partial charge in [0.2, 0.25) is 0 Å². The largest absolute Gasteiger partial charge is 0.512 e. The van der Waals surface area contributed by atoms with E-state index in [1.54, 1.807) is 0 Å². The van der Waals surface area contributed by atoms with Crippen molar-refractivity contribution in [2.24, 2.45) is 0 Å². The number of esters is 2. The molecule has 0 aliphatic heterocycles. The van der Waals surface area contributed by atoms with Crippen molar-refractivity contribution in [1.82, 2.24) is 0 Å². The van der Waals surface area contributed by atoms with Gasteiger partial charge in [-0.1, -0.05) is 13.8 Å². The molecule has 0 atom stereocenters. The Morgan fingerprint density at radius 2 is 1.08 bits per heavy atom. The Balaban J connectivity index is 3.91. The number of rotatable bonds is 12. The standard InChI is InChI=1S/C18H30O7/c1-5-7-15(19)13(3)17(21)24-11-9-23-10-12-25-18(22)14(4)16(20)8-6-2/h19-20H,5-12H2,1-4H3/b15-13+,16-14+. The van der Waals surface area contributed by atoms with Gasteiger partial charge in [-0.3, -0.25) is 0 Å². The first-order chi connectivity index (χ1) is 11.8. The van der Waals surface area contributed by atoms with Crippen LogP contribution in [0.2, 0.25) is 0 Å². The van der Waals surface area contributed by atoms with E-state index in [0.29, 0.717) is 12.8 Å². The van der Waals surface area contributed by atoms with Crippen LogP contribution in [0.1, 0.15) is 53.4 Å². The predicted octanol–water partition coefficient (Wildman–Crippen LogP) is 3.35. The lowest BCUT2D eigenvalue weighted by molar-refractivity contribution is -0.142. The molecule has 0 heterocycles. The Kier molecular flexibility index (Phi) is 12.2. The highest BCUT2D eigenvalue weighted by Crippen LogP contribution is 2.10. The maximum absolute atomic E-state index is 11.6. The zero-order chi connectivity index (χ0) is 19.2. The lowest BCUT2D eigenvalue weighted by Crippen LogP contribution is -2.16. The molecule has 7 nitrogen and oxygen atoms in total. The summed E-state index contributed by atoms with van der Waals surface area (Å²) in [5.41, 5.74) is 0.398. The third kappa shape index (κ3) is 9.76. The van der Waals surface area contributed by atoms with Crippen LogP contribution in [0.15, 0.2) is 22.7 Å². The smallest absolute Gasteiger partial charge is 0.337 e. The highest BCUT2D eigenvalue weighted by molar-refractivity contribution is 5.88. The van der Waals surface area contributed by atoms with Gasteiger partial charge >= 0.3 is 11.9 Å². The molecule has 0 aliphatic carbocycles. The maximum atomic E-state index is 11.6. The maximum Gasteiger partial charge on any atom is 0.337 e. The van der Waals surface area contributed by atoms with E-state index in [4.69, 9.17) is 14.2 Å². The summed E-state index contributed by atoms with van der Waals surface area (Å²) in [5.74, 6) is -1.08. The Bertz CT molecular complexity index is 448. The van der Waals surface area contributed by atoms with Crippen LogP contribution in [-0.4, -0.2) is 48.6 Å². The Hall–Kier alpha value is -2.02. The van der Waals surface area contributed by atoms with Crippen molar-refractivity contribution >= 4 is 11.9 Å².